The van der Waals surface area contributed by atoms with Crippen molar-refractivity contribution in [2.75, 3.05) is 17.7 Å². The first-order valence-electron chi connectivity index (χ1n) is 8.70. The third-order valence-electron chi connectivity index (χ3n) is 4.09. The molecule has 0 saturated carbocycles. The number of nitrogens with zero attached hydrogens (tertiary/aromatic N) is 2. The third kappa shape index (κ3) is 5.16. The lowest BCUT2D eigenvalue weighted by atomic mass is 10.1. The van der Waals surface area contributed by atoms with E-state index in [0.717, 1.165) is 12.1 Å². The molecule has 3 rings (SSSR count). The van der Waals surface area contributed by atoms with Crippen molar-refractivity contribution >= 4 is 23.4 Å². The van der Waals surface area contributed by atoms with Crippen molar-refractivity contribution in [2.45, 2.75) is 12.7 Å². The number of carbonyl (C=O) groups excluding carboxylic acids is 2. The highest BCUT2D eigenvalue weighted by Gasteiger charge is 2.30. The summed E-state index contributed by atoms with van der Waals surface area (Å²) in [5, 5.41) is 8.96. The molecule has 0 aliphatic carbocycles. The molecule has 2 aromatic carbocycles. The number of rotatable bonds is 5. The fourth-order valence-corrected chi connectivity index (χ4v) is 2.72. The van der Waals surface area contributed by atoms with E-state index in [-0.39, 0.29) is 12.2 Å². The van der Waals surface area contributed by atoms with Gasteiger partial charge in [-0.1, -0.05) is 24.3 Å². The molecule has 0 aliphatic rings. The minimum absolute atomic E-state index is 0.00159. The summed E-state index contributed by atoms with van der Waals surface area (Å²) in [4.78, 5) is 23.9. The largest absolute Gasteiger partial charge is 0.465 e. The number of methoxy groups -OCH3 is 1. The predicted molar refractivity (Wildman–Crippen MR) is 103 cm³/mol. The fraction of sp³-hybridized carbons (Fsp3) is 0.150. The van der Waals surface area contributed by atoms with Gasteiger partial charge in [-0.3, -0.25) is 4.68 Å². The zero-order valence-electron chi connectivity index (χ0n) is 15.7. The summed E-state index contributed by atoms with van der Waals surface area (Å²) >= 11 is 0. The number of urea groups is 1. The van der Waals surface area contributed by atoms with E-state index in [1.54, 1.807) is 24.3 Å². The fourth-order valence-electron chi connectivity index (χ4n) is 2.72. The van der Waals surface area contributed by atoms with Gasteiger partial charge in [-0.2, -0.15) is 18.3 Å². The number of benzene rings is 2. The Morgan fingerprint density at radius 1 is 1.07 bits per heavy atom. The van der Waals surface area contributed by atoms with Crippen molar-refractivity contribution in [2.24, 2.45) is 0 Å². The number of halogens is 3. The quantitative estimate of drug-likeness (QED) is 0.602. The first kappa shape index (κ1) is 20.9. The third-order valence-corrected chi connectivity index (χ3v) is 4.09. The zero-order valence-corrected chi connectivity index (χ0v) is 15.7. The van der Waals surface area contributed by atoms with Crippen LogP contribution in [0.4, 0.5) is 29.3 Å². The standard InChI is InChI=1S/C20H17F3N4O3/c1-30-18(28)17-8-3-2-5-13(17)11-27-12-16(10-24-27)26-19(29)25-15-7-4-6-14(9-15)20(21,22)23/h2-10,12H,11H2,1H3,(H2,25,26,29). The summed E-state index contributed by atoms with van der Waals surface area (Å²) in [6.45, 7) is 0.252. The van der Waals surface area contributed by atoms with Gasteiger partial charge in [-0.25, -0.2) is 9.59 Å². The molecule has 1 heterocycles. The number of amides is 2. The average molecular weight is 418 g/mol. The van der Waals surface area contributed by atoms with Crippen LogP contribution in [0.25, 0.3) is 0 Å². The predicted octanol–water partition coefficient (Wildman–Crippen LogP) is 4.38. The van der Waals surface area contributed by atoms with Crippen LogP contribution in [0, 0.1) is 0 Å². The van der Waals surface area contributed by atoms with Crippen molar-refractivity contribution in [3.8, 4) is 0 Å². The van der Waals surface area contributed by atoms with Crippen LogP contribution in [-0.4, -0.2) is 28.9 Å². The lowest BCUT2D eigenvalue weighted by molar-refractivity contribution is -0.137. The Balaban J connectivity index is 1.65. The molecule has 2 amide bonds. The van der Waals surface area contributed by atoms with Crippen molar-refractivity contribution < 1.29 is 27.5 Å². The van der Waals surface area contributed by atoms with Gasteiger partial charge >= 0.3 is 18.2 Å². The van der Waals surface area contributed by atoms with Crippen molar-refractivity contribution in [3.05, 3.63) is 77.6 Å². The summed E-state index contributed by atoms with van der Waals surface area (Å²) in [5.41, 5.74) is 0.536. The SMILES string of the molecule is COC(=O)c1ccccc1Cn1cc(NC(=O)Nc2cccc(C(F)(F)F)c2)cn1. The molecule has 0 atom stereocenters. The Bertz CT molecular complexity index is 1060. The topological polar surface area (TPSA) is 85.2 Å². The maximum Gasteiger partial charge on any atom is 0.416 e. The normalized spacial score (nSPS) is 11.1. The second kappa shape index (κ2) is 8.68. The van der Waals surface area contributed by atoms with E-state index in [9.17, 15) is 22.8 Å². The second-order valence-electron chi connectivity index (χ2n) is 6.23. The number of hydrogen-bond donors (Lipinski definition) is 2. The van der Waals surface area contributed by atoms with Gasteiger partial charge in [0.05, 0.1) is 36.7 Å². The smallest absolute Gasteiger partial charge is 0.416 e. The van der Waals surface area contributed by atoms with Crippen LogP contribution in [0.5, 0.6) is 0 Å². The zero-order chi connectivity index (χ0) is 21.7. The molecule has 0 aliphatic heterocycles. The average Bonchev–Trinajstić information content (AvgIpc) is 3.14. The molecule has 10 heteroatoms. The highest BCUT2D eigenvalue weighted by Crippen LogP contribution is 2.30. The molecule has 0 radical (unpaired) electrons. The van der Waals surface area contributed by atoms with E-state index < -0.39 is 23.7 Å². The lowest BCUT2D eigenvalue weighted by Crippen LogP contribution is -2.19. The van der Waals surface area contributed by atoms with Crippen LogP contribution in [0.2, 0.25) is 0 Å². The van der Waals surface area contributed by atoms with Crippen LogP contribution in [0.3, 0.4) is 0 Å². The summed E-state index contributed by atoms with van der Waals surface area (Å²) in [7, 11) is 1.29. The first-order chi connectivity index (χ1) is 14.3. The highest BCUT2D eigenvalue weighted by molar-refractivity contribution is 5.99. The minimum atomic E-state index is -4.50. The number of carbonyl (C=O) groups is 2. The number of anilines is 2. The van der Waals surface area contributed by atoms with Gasteiger partial charge in [0.2, 0.25) is 0 Å². The van der Waals surface area contributed by atoms with Crippen LogP contribution < -0.4 is 10.6 Å². The van der Waals surface area contributed by atoms with Crippen molar-refractivity contribution in [1.29, 1.82) is 0 Å². The van der Waals surface area contributed by atoms with E-state index in [1.165, 1.54) is 36.3 Å². The summed E-state index contributed by atoms with van der Waals surface area (Å²) in [6, 6.07) is 10.5. The number of esters is 1. The van der Waals surface area contributed by atoms with Gasteiger partial charge in [-0.05, 0) is 29.8 Å². The number of hydrogen-bond acceptors (Lipinski definition) is 4. The highest BCUT2D eigenvalue weighted by atomic mass is 19.4. The van der Waals surface area contributed by atoms with E-state index in [0.29, 0.717) is 16.8 Å². The number of aromatic nitrogens is 2. The van der Waals surface area contributed by atoms with E-state index in [4.69, 9.17) is 4.74 Å². The van der Waals surface area contributed by atoms with Gasteiger partial charge in [0.15, 0.2) is 0 Å². The van der Waals surface area contributed by atoms with Gasteiger partial charge in [-0.15, -0.1) is 0 Å². The van der Waals surface area contributed by atoms with E-state index in [1.807, 2.05) is 0 Å². The maximum absolute atomic E-state index is 12.8. The number of alkyl halides is 3. The maximum atomic E-state index is 12.8. The summed E-state index contributed by atoms with van der Waals surface area (Å²) in [6.07, 6.45) is -1.60. The number of ether oxygens (including phenoxy) is 1. The Morgan fingerprint density at radius 3 is 2.53 bits per heavy atom. The van der Waals surface area contributed by atoms with Crippen molar-refractivity contribution in [1.82, 2.24) is 9.78 Å². The van der Waals surface area contributed by atoms with Crippen LogP contribution in [0.15, 0.2) is 60.9 Å². The molecule has 30 heavy (non-hydrogen) atoms. The minimum Gasteiger partial charge on any atom is -0.465 e. The molecule has 0 unspecified atom stereocenters. The summed E-state index contributed by atoms with van der Waals surface area (Å²) in [5.74, 6) is -0.475. The molecule has 0 spiro atoms. The van der Waals surface area contributed by atoms with Crippen molar-refractivity contribution in [3.63, 3.8) is 0 Å². The van der Waals surface area contributed by atoms with Crippen LogP contribution in [-0.2, 0) is 17.5 Å². The molecule has 0 fully saturated rings. The molecule has 0 saturated heterocycles. The van der Waals surface area contributed by atoms with Gasteiger partial charge in [0.25, 0.3) is 0 Å². The molecule has 3 aromatic rings. The Kier molecular flexibility index (Phi) is 6.05. The monoisotopic (exact) mass is 418 g/mol. The Labute approximate surface area is 169 Å². The molecule has 156 valence electrons. The molecular weight excluding hydrogens is 401 g/mol. The molecule has 0 bridgehead atoms. The molecule has 1 aromatic heterocycles. The Morgan fingerprint density at radius 2 is 1.80 bits per heavy atom. The number of nitrogens with one attached hydrogen (secondary N) is 2. The molecule has 7 nitrogen and oxygen atoms in total. The van der Waals surface area contributed by atoms with Gasteiger partial charge in [0, 0.05) is 11.9 Å². The van der Waals surface area contributed by atoms with E-state index in [2.05, 4.69) is 15.7 Å². The lowest BCUT2D eigenvalue weighted by Gasteiger charge is -2.10. The van der Waals surface area contributed by atoms with Crippen LogP contribution in [0.1, 0.15) is 21.5 Å². The van der Waals surface area contributed by atoms with Crippen LogP contribution >= 0.6 is 0 Å². The van der Waals surface area contributed by atoms with Gasteiger partial charge in [0.1, 0.15) is 0 Å². The Hall–Kier alpha value is -3.82. The van der Waals surface area contributed by atoms with Gasteiger partial charge < -0.3 is 15.4 Å². The molecule has 2 N–H and O–H groups in total. The van der Waals surface area contributed by atoms with E-state index >= 15 is 0 Å². The molecular formula is C20H17F3N4O3. The second-order valence-corrected chi connectivity index (χ2v) is 6.23. The first-order valence-corrected chi connectivity index (χ1v) is 8.70. The summed E-state index contributed by atoms with van der Waals surface area (Å²) < 4.78 is 44.6.